The van der Waals surface area contributed by atoms with Crippen LogP contribution in [0.2, 0.25) is 0 Å². The second-order valence-corrected chi connectivity index (χ2v) is 8.20. The van der Waals surface area contributed by atoms with Crippen LogP contribution in [0.1, 0.15) is 40.2 Å². The maximum absolute atomic E-state index is 13.6. The summed E-state index contributed by atoms with van der Waals surface area (Å²) in [5, 5.41) is 10.8. The number of nitrogens with zero attached hydrogens (tertiary/aromatic N) is 1. The molecule has 0 spiro atoms. The average Bonchev–Trinajstić information content (AvgIpc) is 2.45. The molecule has 2 N–H and O–H groups in total. The minimum absolute atomic E-state index is 0.0796. The van der Waals surface area contributed by atoms with Crippen molar-refractivity contribution in [3.05, 3.63) is 29.6 Å². The van der Waals surface area contributed by atoms with E-state index in [0.29, 0.717) is 17.0 Å². The van der Waals surface area contributed by atoms with Crippen LogP contribution >= 0.6 is 0 Å². The number of nitrogens with one attached hydrogen (secondary N) is 1. The van der Waals surface area contributed by atoms with Crippen molar-refractivity contribution >= 4 is 23.2 Å². The predicted molar refractivity (Wildman–Crippen MR) is 92.6 cm³/mol. The van der Waals surface area contributed by atoms with Gasteiger partial charge in [-0.1, -0.05) is 4.40 Å². The van der Waals surface area contributed by atoms with Gasteiger partial charge in [-0.3, -0.25) is 0 Å². The first-order valence-electron chi connectivity index (χ1n) is 7.41. The van der Waals surface area contributed by atoms with Crippen molar-refractivity contribution in [2.75, 3.05) is 6.54 Å². The van der Waals surface area contributed by atoms with Gasteiger partial charge in [0.25, 0.3) is 0 Å². The van der Waals surface area contributed by atoms with Crippen molar-refractivity contribution in [3.63, 3.8) is 0 Å². The molecule has 0 aromatic heterocycles. The molecule has 134 valence electrons. The first kappa shape index (κ1) is 20.2. The Morgan fingerprint density at radius 2 is 2.12 bits per heavy atom. The van der Waals surface area contributed by atoms with E-state index in [1.807, 2.05) is 0 Å². The molecule has 1 rings (SSSR count). The third-order valence-corrected chi connectivity index (χ3v) is 4.43. The summed E-state index contributed by atoms with van der Waals surface area (Å²) in [5.74, 6) is -0.118. The van der Waals surface area contributed by atoms with Crippen LogP contribution in [0.4, 0.5) is 9.18 Å². The Labute approximate surface area is 144 Å². The number of ether oxygens (including phenoxy) is 1. The lowest BCUT2D eigenvalue weighted by atomic mass is 10.1. The summed E-state index contributed by atoms with van der Waals surface area (Å²) in [6.07, 6.45) is -1.62. The highest BCUT2D eigenvalue weighted by atomic mass is 32.2. The fourth-order valence-electron chi connectivity index (χ4n) is 1.69. The maximum Gasteiger partial charge on any atom is 0.404 e. The van der Waals surface area contributed by atoms with Crippen molar-refractivity contribution in [2.45, 2.75) is 45.5 Å². The topological polar surface area (TPSA) is 94.0 Å². The Morgan fingerprint density at radius 1 is 1.50 bits per heavy atom. The molecule has 0 aliphatic heterocycles. The second kappa shape index (κ2) is 8.34. The zero-order chi connectivity index (χ0) is 18.5. The standard InChI is InChI=1S/C16H23FN2O4S/c1-10(9-18-15(20)21)23-14-7-6-12(17)8-13(14)11(2)19-24(22)16(3,4)5/h6-8,10,18H,9H2,1-5H3,(H,20,21)/b19-11+/t10?,24-/m1/s1. The van der Waals surface area contributed by atoms with Crippen LogP contribution in [0.5, 0.6) is 5.75 Å². The molecule has 1 aromatic carbocycles. The fourth-order valence-corrected chi connectivity index (χ4v) is 2.31. The highest BCUT2D eigenvalue weighted by molar-refractivity contribution is 7.91. The number of rotatable bonds is 6. The number of hydrogen-bond donors (Lipinski definition) is 2. The fraction of sp³-hybridized carbons (Fsp3) is 0.500. The molecule has 0 saturated carbocycles. The summed E-state index contributed by atoms with van der Waals surface area (Å²) in [5.41, 5.74) is 0.769. The molecule has 1 aromatic rings. The normalized spacial score (nSPS) is 14.9. The van der Waals surface area contributed by atoms with Crippen LogP contribution in [-0.4, -0.2) is 38.9 Å². The molecule has 0 radical (unpaired) electrons. The van der Waals surface area contributed by atoms with E-state index in [-0.39, 0.29) is 6.54 Å². The number of halogens is 1. The van der Waals surface area contributed by atoms with E-state index < -0.39 is 34.1 Å². The van der Waals surface area contributed by atoms with Crippen molar-refractivity contribution < 1.29 is 23.6 Å². The Kier molecular flexibility index (Phi) is 7.04. The number of carboxylic acid groups (broad SMARTS) is 1. The minimum Gasteiger partial charge on any atom is -0.591 e. The van der Waals surface area contributed by atoms with Crippen LogP contribution < -0.4 is 10.1 Å². The van der Waals surface area contributed by atoms with Gasteiger partial charge in [-0.05, 0) is 52.8 Å². The summed E-state index contributed by atoms with van der Waals surface area (Å²) in [6.45, 7) is 8.78. The molecule has 0 heterocycles. The first-order valence-corrected chi connectivity index (χ1v) is 8.52. The monoisotopic (exact) mass is 358 g/mol. The Bertz CT molecular complexity index is 617. The smallest absolute Gasteiger partial charge is 0.404 e. The van der Waals surface area contributed by atoms with Crippen LogP contribution in [0.25, 0.3) is 0 Å². The van der Waals surface area contributed by atoms with Crippen LogP contribution in [0.3, 0.4) is 0 Å². The van der Waals surface area contributed by atoms with Gasteiger partial charge in [0, 0.05) is 5.56 Å². The van der Waals surface area contributed by atoms with Crippen molar-refractivity contribution in [3.8, 4) is 5.75 Å². The molecule has 0 aliphatic carbocycles. The van der Waals surface area contributed by atoms with E-state index in [1.165, 1.54) is 18.2 Å². The number of carbonyl (C=O) groups is 1. The SMILES string of the molecule is C/C(=N\[S@+]([O-])C(C)(C)C)c1cc(F)ccc1OC(C)CNC(=O)O. The zero-order valence-corrected chi connectivity index (χ0v) is 15.2. The van der Waals surface area contributed by atoms with Gasteiger partial charge >= 0.3 is 6.09 Å². The molecule has 0 saturated heterocycles. The molecule has 24 heavy (non-hydrogen) atoms. The Morgan fingerprint density at radius 3 is 2.67 bits per heavy atom. The lowest BCUT2D eigenvalue weighted by Crippen LogP contribution is -2.32. The highest BCUT2D eigenvalue weighted by Crippen LogP contribution is 2.24. The molecule has 6 nitrogen and oxygen atoms in total. The number of amides is 1. The van der Waals surface area contributed by atoms with Gasteiger partial charge in [0.1, 0.15) is 33.8 Å². The van der Waals surface area contributed by atoms with Gasteiger partial charge in [-0.15, -0.1) is 0 Å². The predicted octanol–water partition coefficient (Wildman–Crippen LogP) is 3.13. The van der Waals surface area contributed by atoms with Crippen LogP contribution in [0.15, 0.2) is 22.6 Å². The van der Waals surface area contributed by atoms with Crippen molar-refractivity contribution in [2.24, 2.45) is 4.40 Å². The summed E-state index contributed by atoms with van der Waals surface area (Å²) < 4.78 is 35.0. The lowest BCUT2D eigenvalue weighted by Gasteiger charge is -2.20. The van der Waals surface area contributed by atoms with E-state index in [0.717, 1.165) is 0 Å². The Hall–Kier alpha value is -1.80. The first-order chi connectivity index (χ1) is 11.0. The van der Waals surface area contributed by atoms with Gasteiger partial charge in [-0.2, -0.15) is 0 Å². The molecule has 1 unspecified atom stereocenters. The lowest BCUT2D eigenvalue weighted by molar-refractivity contribution is 0.178. The van der Waals surface area contributed by atoms with E-state index in [1.54, 1.807) is 34.6 Å². The van der Waals surface area contributed by atoms with Crippen molar-refractivity contribution in [1.82, 2.24) is 5.32 Å². The molecule has 0 aliphatic rings. The highest BCUT2D eigenvalue weighted by Gasteiger charge is 2.27. The van der Waals surface area contributed by atoms with E-state index in [4.69, 9.17) is 9.84 Å². The van der Waals surface area contributed by atoms with Crippen molar-refractivity contribution in [1.29, 1.82) is 0 Å². The third kappa shape index (κ3) is 6.37. The molecule has 8 heteroatoms. The van der Waals surface area contributed by atoms with Crippen LogP contribution in [-0.2, 0) is 11.4 Å². The third-order valence-electron chi connectivity index (χ3n) is 2.94. The van der Waals surface area contributed by atoms with Gasteiger partial charge in [0.2, 0.25) is 0 Å². The minimum atomic E-state index is -1.49. The van der Waals surface area contributed by atoms with E-state index in [2.05, 4.69) is 9.71 Å². The summed E-state index contributed by atoms with van der Waals surface area (Å²) in [7, 11) is 0. The van der Waals surface area contributed by atoms with Gasteiger partial charge in [0.15, 0.2) is 0 Å². The molecular formula is C16H23FN2O4S. The molecule has 0 fully saturated rings. The molecular weight excluding hydrogens is 335 g/mol. The summed E-state index contributed by atoms with van der Waals surface area (Å²) >= 11 is -1.49. The average molecular weight is 358 g/mol. The largest absolute Gasteiger partial charge is 0.591 e. The maximum atomic E-state index is 13.6. The quantitative estimate of drug-likeness (QED) is 0.603. The number of hydrogen-bond acceptors (Lipinski definition) is 4. The number of benzene rings is 1. The summed E-state index contributed by atoms with van der Waals surface area (Å²) in [6, 6.07) is 3.94. The second-order valence-electron chi connectivity index (χ2n) is 6.29. The zero-order valence-electron chi connectivity index (χ0n) is 14.4. The van der Waals surface area contributed by atoms with Crippen LogP contribution in [0, 0.1) is 5.82 Å². The van der Waals surface area contributed by atoms with Gasteiger partial charge < -0.3 is 19.7 Å². The Balaban J connectivity index is 3.04. The summed E-state index contributed by atoms with van der Waals surface area (Å²) in [4.78, 5) is 10.5. The van der Waals surface area contributed by atoms with Gasteiger partial charge in [-0.25, -0.2) is 9.18 Å². The van der Waals surface area contributed by atoms with Gasteiger partial charge in [0.05, 0.1) is 12.3 Å². The van der Waals surface area contributed by atoms with E-state index in [9.17, 15) is 13.7 Å². The molecule has 1 amide bonds. The molecule has 0 bridgehead atoms. The van der Waals surface area contributed by atoms with E-state index >= 15 is 0 Å². The molecule has 2 atom stereocenters.